The molecule has 1 rings (SSSR count). The fourth-order valence-corrected chi connectivity index (χ4v) is 3.05. The molecule has 0 aromatic heterocycles. The van der Waals surface area contributed by atoms with Gasteiger partial charge in [-0.15, -0.1) is 0 Å². The van der Waals surface area contributed by atoms with Crippen LogP contribution in [0.2, 0.25) is 0 Å². The normalized spacial score (nSPS) is 14.6. The van der Waals surface area contributed by atoms with Crippen molar-refractivity contribution in [2.75, 3.05) is 26.0 Å². The minimum Gasteiger partial charge on any atom is -0.384 e. The summed E-state index contributed by atoms with van der Waals surface area (Å²) in [5.41, 5.74) is 6.67. The fourth-order valence-electron chi connectivity index (χ4n) is 1.58. The van der Waals surface area contributed by atoms with Gasteiger partial charge < -0.3 is 10.5 Å². The van der Waals surface area contributed by atoms with Crippen molar-refractivity contribution in [3.63, 3.8) is 0 Å². The molecule has 0 aliphatic carbocycles. The standard InChI is InChI=1S/C12H19NO2S/c1-15-9-10-16(14)12(7-8-13)11-5-3-2-4-6-11/h2-6,12H,7-10,13H2,1H3. The minimum absolute atomic E-state index is 0.0290. The van der Waals surface area contributed by atoms with E-state index < -0.39 is 10.8 Å². The SMILES string of the molecule is COCCS(=O)C(CCN)c1ccccc1. The highest BCUT2D eigenvalue weighted by atomic mass is 32.2. The predicted octanol–water partition coefficient (Wildman–Crippen LogP) is 1.47. The molecule has 0 saturated carbocycles. The van der Waals surface area contributed by atoms with Gasteiger partial charge in [0.1, 0.15) is 0 Å². The summed E-state index contributed by atoms with van der Waals surface area (Å²) in [5.74, 6) is 0.566. The van der Waals surface area contributed by atoms with Gasteiger partial charge in [-0.2, -0.15) is 0 Å². The zero-order chi connectivity index (χ0) is 11.8. The van der Waals surface area contributed by atoms with E-state index in [1.807, 2.05) is 30.3 Å². The lowest BCUT2D eigenvalue weighted by Gasteiger charge is -2.15. The Morgan fingerprint density at radius 2 is 2.06 bits per heavy atom. The van der Waals surface area contributed by atoms with E-state index >= 15 is 0 Å². The van der Waals surface area contributed by atoms with E-state index in [9.17, 15) is 4.21 Å². The first-order valence-electron chi connectivity index (χ1n) is 5.40. The minimum atomic E-state index is -0.914. The van der Waals surface area contributed by atoms with Crippen molar-refractivity contribution in [1.29, 1.82) is 0 Å². The summed E-state index contributed by atoms with van der Waals surface area (Å²) in [6.07, 6.45) is 0.750. The quantitative estimate of drug-likeness (QED) is 0.786. The molecule has 0 fully saturated rings. The molecule has 2 atom stereocenters. The molecule has 0 radical (unpaired) electrons. The van der Waals surface area contributed by atoms with Gasteiger partial charge in [-0.25, -0.2) is 0 Å². The lowest BCUT2D eigenvalue weighted by atomic mass is 10.1. The van der Waals surface area contributed by atoms with Gasteiger partial charge >= 0.3 is 0 Å². The van der Waals surface area contributed by atoms with Crippen LogP contribution < -0.4 is 5.73 Å². The van der Waals surface area contributed by atoms with Gasteiger partial charge in [0.25, 0.3) is 0 Å². The summed E-state index contributed by atoms with van der Waals surface area (Å²) >= 11 is 0. The van der Waals surface area contributed by atoms with Gasteiger partial charge in [0.05, 0.1) is 11.9 Å². The van der Waals surface area contributed by atoms with Crippen LogP contribution >= 0.6 is 0 Å². The second-order valence-corrected chi connectivity index (χ2v) is 5.29. The third-order valence-electron chi connectivity index (χ3n) is 2.41. The topological polar surface area (TPSA) is 52.3 Å². The maximum atomic E-state index is 12.1. The Kier molecular flexibility index (Phi) is 6.30. The average Bonchev–Trinajstić information content (AvgIpc) is 2.34. The maximum absolute atomic E-state index is 12.1. The van der Waals surface area contributed by atoms with E-state index in [0.29, 0.717) is 18.9 Å². The highest BCUT2D eigenvalue weighted by Gasteiger charge is 2.17. The molecule has 0 saturated heterocycles. The first-order chi connectivity index (χ1) is 7.79. The Labute approximate surface area is 99.4 Å². The molecule has 2 N–H and O–H groups in total. The molecule has 1 aromatic rings. The molecule has 0 aliphatic heterocycles. The molecule has 0 aliphatic rings. The van der Waals surface area contributed by atoms with Crippen molar-refractivity contribution in [3.8, 4) is 0 Å². The Morgan fingerprint density at radius 1 is 1.38 bits per heavy atom. The third kappa shape index (κ3) is 4.04. The average molecular weight is 241 g/mol. The van der Waals surface area contributed by atoms with Crippen LogP contribution in [0.3, 0.4) is 0 Å². The fraction of sp³-hybridized carbons (Fsp3) is 0.500. The van der Waals surface area contributed by atoms with Crippen molar-refractivity contribution < 1.29 is 8.95 Å². The van der Waals surface area contributed by atoms with Crippen LogP contribution in [0.15, 0.2) is 30.3 Å². The van der Waals surface area contributed by atoms with Crippen LogP contribution in [0, 0.1) is 0 Å². The van der Waals surface area contributed by atoms with Crippen molar-refractivity contribution in [2.45, 2.75) is 11.7 Å². The van der Waals surface area contributed by atoms with Crippen molar-refractivity contribution in [2.24, 2.45) is 5.73 Å². The molecular formula is C12H19NO2S. The molecule has 16 heavy (non-hydrogen) atoms. The summed E-state index contributed by atoms with van der Waals surface area (Å²) in [6, 6.07) is 9.90. The molecule has 3 nitrogen and oxygen atoms in total. The van der Waals surface area contributed by atoms with Gasteiger partial charge in [0.15, 0.2) is 0 Å². The van der Waals surface area contributed by atoms with Crippen LogP contribution in [-0.4, -0.2) is 30.2 Å². The number of benzene rings is 1. The first-order valence-corrected chi connectivity index (χ1v) is 6.79. The molecule has 0 amide bonds. The Morgan fingerprint density at radius 3 is 2.62 bits per heavy atom. The highest BCUT2D eigenvalue weighted by molar-refractivity contribution is 7.85. The zero-order valence-corrected chi connectivity index (χ0v) is 10.4. The molecular weight excluding hydrogens is 222 g/mol. The van der Waals surface area contributed by atoms with E-state index in [1.54, 1.807) is 7.11 Å². The van der Waals surface area contributed by atoms with E-state index in [2.05, 4.69) is 0 Å². The maximum Gasteiger partial charge on any atom is 0.0609 e. The van der Waals surface area contributed by atoms with Crippen molar-refractivity contribution >= 4 is 10.8 Å². The van der Waals surface area contributed by atoms with Crippen molar-refractivity contribution in [1.82, 2.24) is 0 Å². The largest absolute Gasteiger partial charge is 0.384 e. The predicted molar refractivity (Wildman–Crippen MR) is 67.7 cm³/mol. The van der Waals surface area contributed by atoms with Gasteiger partial charge in [-0.1, -0.05) is 30.3 Å². The Bertz CT molecular complexity index is 316. The number of hydrogen-bond acceptors (Lipinski definition) is 3. The molecule has 0 heterocycles. The summed E-state index contributed by atoms with van der Waals surface area (Å²) in [7, 11) is 0.709. The molecule has 1 aromatic carbocycles. The highest BCUT2D eigenvalue weighted by Crippen LogP contribution is 2.23. The molecule has 0 bridgehead atoms. The van der Waals surface area contributed by atoms with E-state index in [1.165, 1.54) is 0 Å². The second-order valence-electron chi connectivity index (χ2n) is 3.55. The van der Waals surface area contributed by atoms with Gasteiger partial charge in [-0.05, 0) is 18.5 Å². The van der Waals surface area contributed by atoms with E-state index in [-0.39, 0.29) is 5.25 Å². The summed E-state index contributed by atoms with van der Waals surface area (Å²) < 4.78 is 17.0. The van der Waals surface area contributed by atoms with Crippen LogP contribution in [-0.2, 0) is 15.5 Å². The van der Waals surface area contributed by atoms with Crippen LogP contribution in [0.1, 0.15) is 17.2 Å². The monoisotopic (exact) mass is 241 g/mol. The zero-order valence-electron chi connectivity index (χ0n) is 9.59. The summed E-state index contributed by atoms with van der Waals surface area (Å²) in [5, 5.41) is 0.0290. The first kappa shape index (κ1) is 13.4. The van der Waals surface area contributed by atoms with Gasteiger partial charge in [-0.3, -0.25) is 4.21 Å². The van der Waals surface area contributed by atoms with Gasteiger partial charge in [0.2, 0.25) is 0 Å². The number of hydrogen-bond donors (Lipinski definition) is 1. The smallest absolute Gasteiger partial charge is 0.0609 e. The van der Waals surface area contributed by atoms with E-state index in [4.69, 9.17) is 10.5 Å². The van der Waals surface area contributed by atoms with Crippen LogP contribution in [0.4, 0.5) is 0 Å². The van der Waals surface area contributed by atoms with Crippen LogP contribution in [0.5, 0.6) is 0 Å². The molecule has 2 unspecified atom stereocenters. The molecule has 90 valence electrons. The summed E-state index contributed by atoms with van der Waals surface area (Å²) in [4.78, 5) is 0. The lowest BCUT2D eigenvalue weighted by molar-refractivity contribution is 0.218. The number of methoxy groups -OCH3 is 1. The molecule has 4 heteroatoms. The Hall–Kier alpha value is -0.710. The van der Waals surface area contributed by atoms with Crippen LogP contribution in [0.25, 0.3) is 0 Å². The Balaban J connectivity index is 2.71. The van der Waals surface area contributed by atoms with E-state index in [0.717, 1.165) is 12.0 Å². The lowest BCUT2D eigenvalue weighted by Crippen LogP contribution is -2.16. The molecule has 0 spiro atoms. The van der Waals surface area contributed by atoms with Crippen molar-refractivity contribution in [3.05, 3.63) is 35.9 Å². The second kappa shape index (κ2) is 7.54. The number of ether oxygens (including phenoxy) is 1. The van der Waals surface area contributed by atoms with Gasteiger partial charge in [0, 0.05) is 23.7 Å². The number of nitrogens with two attached hydrogens (primary N) is 1. The third-order valence-corrected chi connectivity index (χ3v) is 4.12. The number of rotatable bonds is 7. The summed E-state index contributed by atoms with van der Waals surface area (Å²) in [6.45, 7) is 1.08.